The van der Waals surface area contributed by atoms with E-state index in [1.54, 1.807) is 42.7 Å². The van der Waals surface area contributed by atoms with Gasteiger partial charge in [0.25, 0.3) is 11.1 Å². The summed E-state index contributed by atoms with van der Waals surface area (Å²) < 4.78 is 0. The number of hydrogen-bond acceptors (Lipinski definition) is 8. The molecule has 0 aliphatic carbocycles. The largest absolute Gasteiger partial charge is 0.353 e. The average molecular weight is 487 g/mol. The summed E-state index contributed by atoms with van der Waals surface area (Å²) in [5, 5.41) is 2.95. The number of rotatable bonds is 7. The van der Waals surface area contributed by atoms with Crippen LogP contribution in [-0.2, 0) is 9.59 Å². The molecule has 172 valence electrons. The van der Waals surface area contributed by atoms with E-state index in [-0.39, 0.29) is 36.7 Å². The molecule has 0 spiro atoms. The van der Waals surface area contributed by atoms with Gasteiger partial charge in [-0.05, 0) is 35.5 Å². The molecule has 2 fully saturated rings. The summed E-state index contributed by atoms with van der Waals surface area (Å²) >= 11 is 7.01. The SMILES string of the molecule is O=C(CN1CCN(c2ncccn2)CC1)NCCN1C(=O)S/C(=C/c2ccccc2Cl)C1=O. The molecule has 3 heterocycles. The van der Waals surface area contributed by atoms with Gasteiger partial charge in [0, 0.05) is 56.7 Å². The Morgan fingerprint density at radius 3 is 2.55 bits per heavy atom. The third kappa shape index (κ3) is 5.89. The Labute approximate surface area is 200 Å². The van der Waals surface area contributed by atoms with Crippen molar-refractivity contribution in [3.63, 3.8) is 0 Å². The second kappa shape index (κ2) is 10.8. The first kappa shape index (κ1) is 23.2. The van der Waals surface area contributed by atoms with Gasteiger partial charge in [0.1, 0.15) is 0 Å². The maximum Gasteiger partial charge on any atom is 0.293 e. The number of amides is 3. The van der Waals surface area contributed by atoms with Crippen molar-refractivity contribution >= 4 is 52.4 Å². The summed E-state index contributed by atoms with van der Waals surface area (Å²) in [4.78, 5) is 51.3. The number of nitrogens with zero attached hydrogens (tertiary/aromatic N) is 5. The van der Waals surface area contributed by atoms with Gasteiger partial charge >= 0.3 is 0 Å². The summed E-state index contributed by atoms with van der Waals surface area (Å²) in [6.45, 7) is 3.52. The lowest BCUT2D eigenvalue weighted by Gasteiger charge is -2.34. The lowest BCUT2D eigenvalue weighted by atomic mass is 10.2. The van der Waals surface area contributed by atoms with Crippen molar-refractivity contribution in [2.45, 2.75) is 0 Å². The maximum atomic E-state index is 12.6. The van der Waals surface area contributed by atoms with Crippen molar-refractivity contribution in [3.05, 3.63) is 58.2 Å². The van der Waals surface area contributed by atoms with Crippen molar-refractivity contribution in [1.82, 2.24) is 25.1 Å². The number of carbonyl (C=O) groups is 3. The van der Waals surface area contributed by atoms with E-state index in [1.165, 1.54) is 0 Å². The zero-order valence-corrected chi connectivity index (χ0v) is 19.4. The van der Waals surface area contributed by atoms with Gasteiger partial charge in [0.2, 0.25) is 11.9 Å². The van der Waals surface area contributed by atoms with Crippen LogP contribution in [0.2, 0.25) is 5.02 Å². The minimum absolute atomic E-state index is 0.120. The molecule has 1 aromatic heterocycles. The molecular formula is C22H23ClN6O3S. The topological polar surface area (TPSA) is 98.7 Å². The summed E-state index contributed by atoms with van der Waals surface area (Å²) in [6.07, 6.45) is 5.05. The lowest BCUT2D eigenvalue weighted by Crippen LogP contribution is -2.50. The van der Waals surface area contributed by atoms with E-state index in [2.05, 4.69) is 25.1 Å². The van der Waals surface area contributed by atoms with E-state index in [4.69, 9.17) is 11.6 Å². The van der Waals surface area contributed by atoms with Crippen LogP contribution in [0.1, 0.15) is 5.56 Å². The van der Waals surface area contributed by atoms with E-state index in [1.807, 2.05) is 6.07 Å². The van der Waals surface area contributed by atoms with Crippen LogP contribution < -0.4 is 10.2 Å². The first-order chi connectivity index (χ1) is 16.0. The summed E-state index contributed by atoms with van der Waals surface area (Å²) in [7, 11) is 0. The Morgan fingerprint density at radius 2 is 1.82 bits per heavy atom. The Balaban J connectivity index is 1.21. The second-order valence-electron chi connectivity index (χ2n) is 7.52. The number of benzene rings is 1. The number of thioether (sulfide) groups is 1. The van der Waals surface area contributed by atoms with Gasteiger partial charge in [-0.1, -0.05) is 29.8 Å². The Hall–Kier alpha value is -2.95. The number of halogens is 1. The highest BCUT2D eigenvalue weighted by Gasteiger charge is 2.34. The molecule has 2 aromatic rings. The molecule has 1 N–H and O–H groups in total. The predicted octanol–water partition coefficient (Wildman–Crippen LogP) is 2.10. The molecule has 2 saturated heterocycles. The van der Waals surface area contributed by atoms with Gasteiger partial charge in [-0.25, -0.2) is 9.97 Å². The highest BCUT2D eigenvalue weighted by molar-refractivity contribution is 8.18. The molecule has 2 aliphatic heterocycles. The standard InChI is InChI=1S/C22H23ClN6O3S/c23-17-5-2-1-4-16(17)14-18-20(31)29(22(32)33-18)9-8-24-19(30)15-27-10-12-28(13-11-27)21-25-6-3-7-26-21/h1-7,14H,8-13,15H2,(H,24,30)/b18-14+. The monoisotopic (exact) mass is 486 g/mol. The molecule has 11 heteroatoms. The normalized spacial score (nSPS) is 18.3. The van der Waals surface area contributed by atoms with E-state index in [9.17, 15) is 14.4 Å². The molecule has 33 heavy (non-hydrogen) atoms. The first-order valence-electron chi connectivity index (χ1n) is 10.5. The average Bonchev–Trinajstić information content (AvgIpc) is 3.09. The fourth-order valence-corrected chi connectivity index (χ4v) is 4.60. The fraction of sp³-hybridized carbons (Fsp3) is 0.318. The number of piperazine rings is 1. The Bertz CT molecular complexity index is 1060. The van der Waals surface area contributed by atoms with E-state index >= 15 is 0 Å². The second-order valence-corrected chi connectivity index (χ2v) is 8.92. The summed E-state index contributed by atoms with van der Waals surface area (Å²) in [5.74, 6) is 0.179. The van der Waals surface area contributed by atoms with Gasteiger partial charge in [-0.3, -0.25) is 24.2 Å². The third-order valence-electron chi connectivity index (χ3n) is 5.30. The molecule has 3 amide bonds. The third-order valence-corrected chi connectivity index (χ3v) is 6.55. The molecule has 0 bridgehead atoms. The predicted molar refractivity (Wildman–Crippen MR) is 128 cm³/mol. The van der Waals surface area contributed by atoms with E-state index in [0.29, 0.717) is 21.4 Å². The maximum absolute atomic E-state index is 12.6. The highest BCUT2D eigenvalue weighted by atomic mass is 35.5. The smallest absolute Gasteiger partial charge is 0.293 e. The number of anilines is 1. The van der Waals surface area contributed by atoms with Gasteiger partial charge in [0.05, 0.1) is 11.4 Å². The minimum atomic E-state index is -0.376. The van der Waals surface area contributed by atoms with Crippen LogP contribution in [0.4, 0.5) is 10.7 Å². The molecule has 0 atom stereocenters. The molecule has 4 rings (SSSR count). The summed E-state index contributed by atoms with van der Waals surface area (Å²) in [5.41, 5.74) is 0.678. The number of carbonyl (C=O) groups excluding carboxylic acids is 3. The van der Waals surface area contributed by atoms with Crippen LogP contribution in [0, 0.1) is 0 Å². The zero-order chi connectivity index (χ0) is 23.2. The first-order valence-corrected chi connectivity index (χ1v) is 11.7. The van der Waals surface area contributed by atoms with Crippen molar-refractivity contribution in [3.8, 4) is 0 Å². The van der Waals surface area contributed by atoms with Gasteiger partial charge in [0.15, 0.2) is 0 Å². The lowest BCUT2D eigenvalue weighted by molar-refractivity contribution is -0.124. The van der Waals surface area contributed by atoms with Gasteiger partial charge in [-0.15, -0.1) is 0 Å². The minimum Gasteiger partial charge on any atom is -0.353 e. The molecule has 2 aliphatic rings. The molecular weight excluding hydrogens is 464 g/mol. The Kier molecular flexibility index (Phi) is 7.58. The molecule has 0 radical (unpaired) electrons. The number of imide groups is 1. The molecule has 9 nitrogen and oxygen atoms in total. The van der Waals surface area contributed by atoms with Crippen LogP contribution in [0.15, 0.2) is 47.6 Å². The van der Waals surface area contributed by atoms with Crippen LogP contribution in [0.25, 0.3) is 6.08 Å². The number of nitrogens with one attached hydrogen (secondary N) is 1. The van der Waals surface area contributed by atoms with Gasteiger partial charge < -0.3 is 10.2 Å². The zero-order valence-electron chi connectivity index (χ0n) is 17.8. The number of aromatic nitrogens is 2. The molecule has 0 saturated carbocycles. The van der Waals surface area contributed by atoms with Gasteiger partial charge in [-0.2, -0.15) is 0 Å². The fourth-order valence-electron chi connectivity index (χ4n) is 3.55. The van der Waals surface area contributed by atoms with E-state index < -0.39 is 0 Å². The van der Waals surface area contributed by atoms with Crippen LogP contribution >= 0.6 is 23.4 Å². The molecule has 0 unspecified atom stereocenters. The quantitative estimate of drug-likeness (QED) is 0.594. The molecule has 1 aromatic carbocycles. The van der Waals surface area contributed by atoms with Crippen molar-refractivity contribution in [2.24, 2.45) is 0 Å². The van der Waals surface area contributed by atoms with Crippen LogP contribution in [0.3, 0.4) is 0 Å². The number of hydrogen-bond donors (Lipinski definition) is 1. The van der Waals surface area contributed by atoms with E-state index in [0.717, 1.165) is 42.8 Å². The highest BCUT2D eigenvalue weighted by Crippen LogP contribution is 2.33. The van der Waals surface area contributed by atoms with Crippen molar-refractivity contribution in [2.75, 3.05) is 50.7 Å². The van der Waals surface area contributed by atoms with Crippen LogP contribution in [0.5, 0.6) is 0 Å². The van der Waals surface area contributed by atoms with Crippen molar-refractivity contribution < 1.29 is 14.4 Å². The van der Waals surface area contributed by atoms with Crippen molar-refractivity contribution in [1.29, 1.82) is 0 Å². The Morgan fingerprint density at radius 1 is 1.09 bits per heavy atom. The van der Waals surface area contributed by atoms with Crippen LogP contribution in [-0.4, -0.2) is 82.6 Å². The summed E-state index contributed by atoms with van der Waals surface area (Å²) in [6, 6.07) is 8.90.